The van der Waals surface area contributed by atoms with Gasteiger partial charge >= 0.3 is 6.18 Å². The van der Waals surface area contributed by atoms with Gasteiger partial charge in [-0.05, 0) is 37.6 Å². The Hall–Kier alpha value is -2.91. The average molecular weight is 488 g/mol. The van der Waals surface area contributed by atoms with E-state index in [0.29, 0.717) is 36.4 Å². The summed E-state index contributed by atoms with van der Waals surface area (Å²) in [6, 6.07) is 14.1. The molecule has 1 aromatic heterocycles. The summed E-state index contributed by atoms with van der Waals surface area (Å²) in [4.78, 5) is 28.6. The molecule has 0 saturated carbocycles. The van der Waals surface area contributed by atoms with Crippen LogP contribution in [0.25, 0.3) is 10.1 Å². The van der Waals surface area contributed by atoms with E-state index < -0.39 is 17.6 Å². The smallest absolute Gasteiger partial charge is 0.337 e. The van der Waals surface area contributed by atoms with Crippen molar-refractivity contribution in [3.8, 4) is 0 Å². The van der Waals surface area contributed by atoms with Crippen molar-refractivity contribution in [2.75, 3.05) is 26.2 Å². The number of aryl methyl sites for hydroxylation is 1. The van der Waals surface area contributed by atoms with Crippen molar-refractivity contribution in [1.82, 2.24) is 15.1 Å². The molecule has 2 aliphatic heterocycles. The molecule has 5 nitrogen and oxygen atoms in total. The van der Waals surface area contributed by atoms with E-state index in [9.17, 15) is 22.8 Å². The molecule has 9 heteroatoms. The van der Waals surface area contributed by atoms with E-state index in [1.807, 2.05) is 23.1 Å². The number of amides is 2. The molecule has 2 amide bonds. The summed E-state index contributed by atoms with van der Waals surface area (Å²) in [7, 11) is 0. The van der Waals surface area contributed by atoms with Crippen molar-refractivity contribution in [1.29, 1.82) is 0 Å². The van der Waals surface area contributed by atoms with Crippen molar-refractivity contribution in [3.63, 3.8) is 0 Å². The van der Waals surface area contributed by atoms with E-state index in [2.05, 4.69) is 5.32 Å². The molecule has 3 aromatic rings. The number of nitrogens with one attached hydrogen (secondary N) is 1. The maximum Gasteiger partial charge on any atom is 0.418 e. The molecule has 5 rings (SSSR count). The number of likely N-dealkylation sites (tertiary alicyclic amines) is 2. The van der Waals surface area contributed by atoms with E-state index in [1.165, 1.54) is 11.0 Å². The Balaban J connectivity index is 1.21. The minimum atomic E-state index is -4.60. The van der Waals surface area contributed by atoms with Crippen LogP contribution in [-0.4, -0.2) is 59.9 Å². The van der Waals surface area contributed by atoms with E-state index in [-0.39, 0.29) is 28.3 Å². The zero-order valence-corrected chi connectivity index (χ0v) is 19.4. The molecule has 3 heterocycles. The lowest BCUT2D eigenvalue weighted by Crippen LogP contribution is -2.62. The Kier molecular flexibility index (Phi) is 5.85. The van der Waals surface area contributed by atoms with Crippen LogP contribution in [0.4, 0.5) is 13.2 Å². The highest BCUT2D eigenvalue weighted by Gasteiger charge is 2.42. The van der Waals surface area contributed by atoms with E-state index in [4.69, 9.17) is 0 Å². The van der Waals surface area contributed by atoms with Crippen molar-refractivity contribution in [2.24, 2.45) is 0 Å². The summed E-state index contributed by atoms with van der Waals surface area (Å²) in [5.74, 6) is -0.577. The van der Waals surface area contributed by atoms with Crippen LogP contribution in [0.1, 0.15) is 37.6 Å². The van der Waals surface area contributed by atoms with Crippen molar-refractivity contribution in [2.45, 2.75) is 31.6 Å². The van der Waals surface area contributed by atoms with Crippen molar-refractivity contribution >= 4 is 33.2 Å². The molecule has 1 unspecified atom stereocenters. The fourth-order valence-electron chi connectivity index (χ4n) is 4.71. The summed E-state index contributed by atoms with van der Waals surface area (Å²) in [6.07, 6.45) is -3.80. The number of nitrogens with zero attached hydrogens (tertiary/aromatic N) is 2. The van der Waals surface area contributed by atoms with Gasteiger partial charge in [0, 0.05) is 53.9 Å². The van der Waals surface area contributed by atoms with E-state index in [0.717, 1.165) is 23.3 Å². The van der Waals surface area contributed by atoms with Gasteiger partial charge in [0.1, 0.15) is 4.88 Å². The lowest BCUT2D eigenvalue weighted by Gasteiger charge is -2.41. The van der Waals surface area contributed by atoms with E-state index in [1.54, 1.807) is 31.2 Å². The number of fused-ring (bicyclic) bond motifs is 1. The SMILES string of the molecule is Cc1ccc2sc(C(=O)N3CC(NC4CCN(C(=O)c5ccccc5)C4)C3)c(C(F)(F)F)c2c1. The first kappa shape index (κ1) is 22.9. The fraction of sp³-hybridized carbons (Fsp3) is 0.360. The molecular weight excluding hydrogens is 463 g/mol. The maximum absolute atomic E-state index is 13.9. The standard InChI is InChI=1S/C25H24F3N3O2S/c1-15-7-8-20-19(11-15)21(25(26,27)28)22(34-20)24(33)31-13-18(14-31)29-17-9-10-30(12-17)23(32)16-5-3-2-4-6-16/h2-8,11,17-18,29H,9-10,12-14H2,1H3. The van der Waals surface area contributed by atoms with E-state index >= 15 is 0 Å². The van der Waals surface area contributed by atoms with Crippen LogP contribution in [-0.2, 0) is 6.18 Å². The molecule has 0 aliphatic carbocycles. The third kappa shape index (κ3) is 4.30. The Morgan fingerprint density at radius 3 is 2.38 bits per heavy atom. The zero-order chi connectivity index (χ0) is 24.0. The minimum Gasteiger partial charge on any atom is -0.337 e. The summed E-state index contributed by atoms with van der Waals surface area (Å²) in [6.45, 7) is 3.67. The van der Waals surface area contributed by atoms with Gasteiger partial charge in [0.15, 0.2) is 0 Å². The highest BCUT2D eigenvalue weighted by molar-refractivity contribution is 7.21. The Labute approximate surface area is 199 Å². The number of carbonyl (C=O) groups excluding carboxylic acids is 2. The highest BCUT2D eigenvalue weighted by Crippen LogP contribution is 2.43. The fourth-order valence-corrected chi connectivity index (χ4v) is 5.89. The molecule has 0 spiro atoms. The average Bonchev–Trinajstić information content (AvgIpc) is 3.40. The number of halogens is 3. The topological polar surface area (TPSA) is 52.7 Å². The van der Waals surface area contributed by atoms with Gasteiger partial charge in [-0.1, -0.05) is 29.8 Å². The van der Waals surface area contributed by atoms with Crippen molar-refractivity contribution < 1.29 is 22.8 Å². The predicted molar refractivity (Wildman–Crippen MR) is 125 cm³/mol. The normalized spacial score (nSPS) is 19.0. The van der Waals surface area contributed by atoms with Gasteiger partial charge in [-0.25, -0.2) is 0 Å². The maximum atomic E-state index is 13.9. The van der Waals surface area contributed by atoms with Gasteiger partial charge in [0.2, 0.25) is 0 Å². The summed E-state index contributed by atoms with van der Waals surface area (Å²) >= 11 is 0.905. The lowest BCUT2D eigenvalue weighted by atomic mass is 10.0. The van der Waals surface area contributed by atoms with Gasteiger partial charge < -0.3 is 15.1 Å². The largest absolute Gasteiger partial charge is 0.418 e. The van der Waals surface area contributed by atoms with Crippen LogP contribution in [0.5, 0.6) is 0 Å². The molecule has 2 aliphatic rings. The first-order chi connectivity index (χ1) is 16.2. The molecular formula is C25H24F3N3O2S. The zero-order valence-electron chi connectivity index (χ0n) is 18.6. The second-order valence-corrected chi connectivity index (χ2v) is 10.0. The number of hydrogen-bond acceptors (Lipinski definition) is 4. The van der Waals surface area contributed by atoms with Gasteiger partial charge in [0.25, 0.3) is 11.8 Å². The number of carbonyl (C=O) groups is 2. The Morgan fingerprint density at radius 2 is 1.68 bits per heavy atom. The van der Waals surface area contributed by atoms with Crippen molar-refractivity contribution in [3.05, 3.63) is 70.1 Å². The third-order valence-corrected chi connectivity index (χ3v) is 7.62. The highest BCUT2D eigenvalue weighted by atomic mass is 32.1. The second kappa shape index (κ2) is 8.70. The third-order valence-electron chi connectivity index (χ3n) is 6.46. The summed E-state index contributed by atoms with van der Waals surface area (Å²) in [5, 5.41) is 3.55. The van der Waals surface area contributed by atoms with Crippen LogP contribution in [0, 0.1) is 6.92 Å². The predicted octanol–water partition coefficient (Wildman–Crippen LogP) is 4.56. The Bertz CT molecular complexity index is 1240. The Morgan fingerprint density at radius 1 is 0.971 bits per heavy atom. The van der Waals surface area contributed by atoms with Crippen LogP contribution in [0.15, 0.2) is 48.5 Å². The first-order valence-electron chi connectivity index (χ1n) is 11.2. The number of thiophene rings is 1. The van der Waals surface area contributed by atoms with Crippen LogP contribution < -0.4 is 5.32 Å². The molecule has 1 atom stereocenters. The molecule has 178 valence electrons. The first-order valence-corrected chi connectivity index (χ1v) is 12.0. The molecule has 2 fully saturated rings. The molecule has 0 radical (unpaired) electrons. The molecule has 34 heavy (non-hydrogen) atoms. The monoisotopic (exact) mass is 487 g/mol. The van der Waals surface area contributed by atoms with Gasteiger partial charge in [-0.2, -0.15) is 13.2 Å². The van der Waals surface area contributed by atoms with Crippen LogP contribution in [0.3, 0.4) is 0 Å². The molecule has 2 aromatic carbocycles. The minimum absolute atomic E-state index is 0.00464. The van der Waals surface area contributed by atoms with Crippen LogP contribution >= 0.6 is 11.3 Å². The number of benzene rings is 2. The summed E-state index contributed by atoms with van der Waals surface area (Å²) in [5.41, 5.74) is 0.547. The summed E-state index contributed by atoms with van der Waals surface area (Å²) < 4.78 is 42.0. The number of rotatable bonds is 4. The number of alkyl halides is 3. The molecule has 1 N–H and O–H groups in total. The quantitative estimate of drug-likeness (QED) is 0.587. The lowest BCUT2D eigenvalue weighted by molar-refractivity contribution is -0.136. The van der Waals surface area contributed by atoms with Gasteiger partial charge in [-0.3, -0.25) is 9.59 Å². The molecule has 2 saturated heterocycles. The number of hydrogen-bond donors (Lipinski definition) is 1. The van der Waals surface area contributed by atoms with Gasteiger partial charge in [-0.15, -0.1) is 11.3 Å². The molecule has 0 bridgehead atoms. The van der Waals surface area contributed by atoms with Gasteiger partial charge in [0.05, 0.1) is 5.56 Å². The second-order valence-electron chi connectivity index (χ2n) is 8.98. The van der Waals surface area contributed by atoms with Crippen LogP contribution in [0.2, 0.25) is 0 Å².